The number of nitrogens with zero attached hydrogens (tertiary/aromatic N) is 2. The van der Waals surface area contributed by atoms with E-state index in [1.807, 2.05) is 11.3 Å². The van der Waals surface area contributed by atoms with E-state index in [1.54, 1.807) is 7.11 Å². The van der Waals surface area contributed by atoms with Crippen molar-refractivity contribution in [2.75, 3.05) is 31.7 Å². The van der Waals surface area contributed by atoms with E-state index in [2.05, 4.69) is 31.0 Å². The molecule has 0 aliphatic carbocycles. The molecule has 0 saturated carbocycles. The molecule has 1 saturated heterocycles. The van der Waals surface area contributed by atoms with E-state index in [9.17, 15) is 0 Å². The number of rotatable bonds is 7. The summed E-state index contributed by atoms with van der Waals surface area (Å²) in [6, 6.07) is 0. The van der Waals surface area contributed by atoms with Gasteiger partial charge in [-0.15, -0.1) is 11.3 Å². The highest BCUT2D eigenvalue weighted by Crippen LogP contribution is 2.37. The van der Waals surface area contributed by atoms with Crippen molar-refractivity contribution in [2.45, 2.75) is 52.1 Å². The molecule has 0 spiro atoms. The maximum absolute atomic E-state index is 5.07. The average molecular weight is 297 g/mol. The highest BCUT2D eigenvalue weighted by molar-refractivity contribution is 7.15. The van der Waals surface area contributed by atoms with Crippen LogP contribution in [0.25, 0.3) is 0 Å². The van der Waals surface area contributed by atoms with Crippen LogP contribution in [0.2, 0.25) is 0 Å². The first kappa shape index (κ1) is 15.7. The van der Waals surface area contributed by atoms with Crippen LogP contribution < -0.4 is 10.2 Å². The molecule has 114 valence electrons. The van der Waals surface area contributed by atoms with Crippen LogP contribution in [-0.2, 0) is 17.7 Å². The molecule has 1 aromatic heterocycles. The summed E-state index contributed by atoms with van der Waals surface area (Å²) in [7, 11) is 1.74. The number of methoxy groups -OCH3 is 1. The van der Waals surface area contributed by atoms with Crippen LogP contribution in [0.3, 0.4) is 0 Å². The van der Waals surface area contributed by atoms with Crippen molar-refractivity contribution in [1.82, 2.24) is 10.3 Å². The summed E-state index contributed by atoms with van der Waals surface area (Å²) in [6.07, 6.45) is 3.54. The molecule has 0 unspecified atom stereocenters. The Morgan fingerprint density at radius 1 is 1.45 bits per heavy atom. The second-order valence-electron chi connectivity index (χ2n) is 5.96. The predicted molar refractivity (Wildman–Crippen MR) is 85.7 cm³/mol. The van der Waals surface area contributed by atoms with E-state index in [0.717, 1.165) is 32.7 Å². The third kappa shape index (κ3) is 3.51. The lowest BCUT2D eigenvalue weighted by molar-refractivity contribution is 0.199. The van der Waals surface area contributed by atoms with Crippen molar-refractivity contribution in [3.05, 3.63) is 10.6 Å². The summed E-state index contributed by atoms with van der Waals surface area (Å²) < 4.78 is 5.07. The molecular formula is C15H27N3OS. The number of aromatic nitrogens is 1. The van der Waals surface area contributed by atoms with Crippen molar-refractivity contribution in [1.29, 1.82) is 0 Å². The van der Waals surface area contributed by atoms with Gasteiger partial charge in [0.15, 0.2) is 5.13 Å². The smallest absolute Gasteiger partial charge is 0.186 e. The maximum Gasteiger partial charge on any atom is 0.186 e. The van der Waals surface area contributed by atoms with Crippen molar-refractivity contribution < 1.29 is 4.74 Å². The first-order chi connectivity index (χ1) is 9.58. The molecule has 1 fully saturated rings. The zero-order valence-electron chi connectivity index (χ0n) is 13.2. The van der Waals surface area contributed by atoms with Crippen molar-refractivity contribution in [2.24, 2.45) is 0 Å². The fraction of sp³-hybridized carbons (Fsp3) is 0.800. The molecule has 5 heteroatoms. The first-order valence-electron chi connectivity index (χ1n) is 7.54. The minimum atomic E-state index is 0.254. The third-order valence-corrected chi connectivity index (χ3v) is 5.12. The molecule has 2 heterocycles. The maximum atomic E-state index is 5.07. The Kier molecular flexibility index (Phi) is 5.41. The van der Waals surface area contributed by atoms with Crippen LogP contribution in [-0.4, -0.2) is 37.3 Å². The summed E-state index contributed by atoms with van der Waals surface area (Å²) in [5.74, 6) is 0. The lowest BCUT2D eigenvalue weighted by Crippen LogP contribution is -2.38. The molecule has 20 heavy (non-hydrogen) atoms. The molecular weight excluding hydrogens is 270 g/mol. The molecule has 0 amide bonds. The van der Waals surface area contributed by atoms with Gasteiger partial charge in [-0.25, -0.2) is 4.98 Å². The highest BCUT2D eigenvalue weighted by Gasteiger charge is 2.34. The number of thiazole rings is 1. The van der Waals surface area contributed by atoms with Crippen LogP contribution in [0.15, 0.2) is 0 Å². The standard InChI is InChI=1S/C15H27N3OS/c1-5-12-13(11-16-8-10-19-4)20-14(17-12)18-9-6-7-15(18,2)3/h16H,5-11H2,1-4H3. The Bertz CT molecular complexity index is 431. The van der Waals surface area contributed by atoms with Gasteiger partial charge in [-0.2, -0.15) is 0 Å². The van der Waals surface area contributed by atoms with Gasteiger partial charge in [0, 0.05) is 37.2 Å². The molecule has 0 radical (unpaired) electrons. The molecule has 1 N–H and O–H groups in total. The number of nitrogens with one attached hydrogen (secondary N) is 1. The van der Waals surface area contributed by atoms with Gasteiger partial charge >= 0.3 is 0 Å². The SMILES string of the molecule is CCc1nc(N2CCCC2(C)C)sc1CNCCOC. The minimum Gasteiger partial charge on any atom is -0.383 e. The van der Waals surface area contributed by atoms with Crippen LogP contribution in [0.1, 0.15) is 44.2 Å². The Morgan fingerprint density at radius 3 is 2.85 bits per heavy atom. The van der Waals surface area contributed by atoms with Gasteiger partial charge in [0.1, 0.15) is 0 Å². The van der Waals surface area contributed by atoms with E-state index in [1.165, 1.54) is 28.5 Å². The van der Waals surface area contributed by atoms with E-state index in [-0.39, 0.29) is 5.54 Å². The minimum absolute atomic E-state index is 0.254. The van der Waals surface area contributed by atoms with E-state index < -0.39 is 0 Å². The van der Waals surface area contributed by atoms with Crippen molar-refractivity contribution >= 4 is 16.5 Å². The Morgan fingerprint density at radius 2 is 2.25 bits per heavy atom. The fourth-order valence-electron chi connectivity index (χ4n) is 2.74. The Labute approximate surface area is 126 Å². The topological polar surface area (TPSA) is 37.4 Å². The predicted octanol–water partition coefficient (Wildman–Crippen LogP) is 2.82. The van der Waals surface area contributed by atoms with Crippen LogP contribution in [0.5, 0.6) is 0 Å². The van der Waals surface area contributed by atoms with E-state index >= 15 is 0 Å². The summed E-state index contributed by atoms with van der Waals surface area (Å²) in [4.78, 5) is 8.74. The zero-order chi connectivity index (χ0) is 14.6. The normalized spacial score (nSPS) is 17.9. The summed E-state index contributed by atoms with van der Waals surface area (Å²) in [5.41, 5.74) is 1.50. The average Bonchev–Trinajstić information content (AvgIpc) is 2.97. The molecule has 1 aromatic rings. The molecule has 0 atom stereocenters. The van der Waals surface area contributed by atoms with Gasteiger partial charge in [0.25, 0.3) is 0 Å². The Hall–Kier alpha value is -0.650. The van der Waals surface area contributed by atoms with Gasteiger partial charge in [-0.3, -0.25) is 0 Å². The number of aryl methyl sites for hydroxylation is 1. The summed E-state index contributed by atoms with van der Waals surface area (Å²) in [5, 5.41) is 4.63. The fourth-order valence-corrected chi connectivity index (χ4v) is 4.04. The van der Waals surface area contributed by atoms with E-state index in [0.29, 0.717) is 0 Å². The second-order valence-corrected chi connectivity index (χ2v) is 7.02. The highest BCUT2D eigenvalue weighted by atomic mass is 32.1. The zero-order valence-corrected chi connectivity index (χ0v) is 14.0. The van der Waals surface area contributed by atoms with Gasteiger partial charge in [-0.05, 0) is 33.1 Å². The molecule has 2 rings (SSSR count). The monoisotopic (exact) mass is 297 g/mol. The van der Waals surface area contributed by atoms with Crippen LogP contribution >= 0.6 is 11.3 Å². The first-order valence-corrected chi connectivity index (χ1v) is 8.36. The molecule has 1 aliphatic heterocycles. The lowest BCUT2D eigenvalue weighted by atomic mass is 10.0. The Balaban J connectivity index is 2.06. The third-order valence-electron chi connectivity index (χ3n) is 4.00. The number of anilines is 1. The summed E-state index contributed by atoms with van der Waals surface area (Å²) >= 11 is 1.85. The largest absolute Gasteiger partial charge is 0.383 e. The van der Waals surface area contributed by atoms with Gasteiger partial charge in [0.2, 0.25) is 0 Å². The molecule has 0 aromatic carbocycles. The second kappa shape index (κ2) is 6.87. The molecule has 0 bridgehead atoms. The number of hydrogen-bond donors (Lipinski definition) is 1. The van der Waals surface area contributed by atoms with Gasteiger partial charge < -0.3 is 15.0 Å². The molecule has 4 nitrogen and oxygen atoms in total. The summed E-state index contributed by atoms with van der Waals surface area (Å²) in [6.45, 7) is 10.5. The lowest BCUT2D eigenvalue weighted by Gasteiger charge is -2.31. The number of ether oxygens (including phenoxy) is 1. The number of hydrogen-bond acceptors (Lipinski definition) is 5. The van der Waals surface area contributed by atoms with Crippen LogP contribution in [0, 0.1) is 0 Å². The van der Waals surface area contributed by atoms with Gasteiger partial charge in [0.05, 0.1) is 12.3 Å². The van der Waals surface area contributed by atoms with Crippen LogP contribution in [0.4, 0.5) is 5.13 Å². The van der Waals surface area contributed by atoms with Crippen molar-refractivity contribution in [3.63, 3.8) is 0 Å². The quantitative estimate of drug-likeness (QED) is 0.785. The van der Waals surface area contributed by atoms with Crippen molar-refractivity contribution in [3.8, 4) is 0 Å². The van der Waals surface area contributed by atoms with Gasteiger partial charge in [-0.1, -0.05) is 6.92 Å². The van der Waals surface area contributed by atoms with E-state index in [4.69, 9.17) is 9.72 Å². The molecule has 1 aliphatic rings.